The van der Waals surface area contributed by atoms with Gasteiger partial charge in [0, 0.05) is 37.4 Å². The van der Waals surface area contributed by atoms with Crippen LogP contribution in [0.2, 0.25) is 0 Å². The number of amides is 2. The Kier molecular flexibility index (Phi) is 5.20. The molecule has 1 aliphatic heterocycles. The molecule has 5 nitrogen and oxygen atoms in total. The van der Waals surface area contributed by atoms with Gasteiger partial charge in [0.1, 0.15) is 0 Å². The highest BCUT2D eigenvalue weighted by atomic mass is 16.2. The minimum Gasteiger partial charge on any atom is -0.319 e. The average Bonchev–Trinajstić information content (AvgIpc) is 2.47. The molecule has 5 heteroatoms. The second-order valence-corrected chi connectivity index (χ2v) is 5.87. The van der Waals surface area contributed by atoms with Crippen LogP contribution in [0.5, 0.6) is 0 Å². The lowest BCUT2D eigenvalue weighted by atomic mass is 10.1. The summed E-state index contributed by atoms with van der Waals surface area (Å²) in [5.41, 5.74) is 2.06. The maximum Gasteiger partial charge on any atom is 0.322 e. The summed E-state index contributed by atoms with van der Waals surface area (Å²) in [6.07, 6.45) is 0. The minimum absolute atomic E-state index is 0.00925. The van der Waals surface area contributed by atoms with Gasteiger partial charge in [-0.3, -0.25) is 0 Å². The van der Waals surface area contributed by atoms with E-state index in [9.17, 15) is 4.79 Å². The van der Waals surface area contributed by atoms with E-state index in [4.69, 9.17) is 0 Å². The molecule has 2 amide bonds. The highest BCUT2D eigenvalue weighted by molar-refractivity contribution is 5.89. The Hall–Kier alpha value is -1.59. The van der Waals surface area contributed by atoms with Crippen LogP contribution in [-0.2, 0) is 0 Å². The van der Waals surface area contributed by atoms with Crippen LogP contribution >= 0.6 is 0 Å². The third kappa shape index (κ3) is 3.95. The topological polar surface area (TPSA) is 47.6 Å². The van der Waals surface area contributed by atoms with Gasteiger partial charge in [-0.05, 0) is 45.6 Å². The average molecular weight is 290 g/mol. The molecule has 2 atom stereocenters. The Bertz CT molecular complexity index is 474. The molecular weight excluding hydrogens is 264 g/mol. The van der Waals surface area contributed by atoms with E-state index in [1.807, 2.05) is 36.2 Å². The van der Waals surface area contributed by atoms with Crippen LogP contribution in [0.15, 0.2) is 24.3 Å². The van der Waals surface area contributed by atoms with E-state index < -0.39 is 0 Å². The van der Waals surface area contributed by atoms with Crippen LogP contribution in [0.25, 0.3) is 0 Å². The van der Waals surface area contributed by atoms with Gasteiger partial charge in [0.2, 0.25) is 0 Å². The molecule has 0 aromatic heterocycles. The quantitative estimate of drug-likeness (QED) is 0.896. The Morgan fingerprint density at radius 1 is 1.29 bits per heavy atom. The van der Waals surface area contributed by atoms with Gasteiger partial charge in [-0.25, -0.2) is 4.79 Å². The number of nitrogens with zero attached hydrogens (tertiary/aromatic N) is 2. The first kappa shape index (κ1) is 15.8. The lowest BCUT2D eigenvalue weighted by Crippen LogP contribution is -2.53. The molecule has 1 aromatic carbocycles. The molecule has 116 valence electrons. The van der Waals surface area contributed by atoms with E-state index in [0.29, 0.717) is 6.04 Å². The largest absolute Gasteiger partial charge is 0.322 e. The Morgan fingerprint density at radius 3 is 2.52 bits per heavy atom. The van der Waals surface area contributed by atoms with E-state index in [1.54, 1.807) is 0 Å². The van der Waals surface area contributed by atoms with Gasteiger partial charge in [0.05, 0.1) is 0 Å². The Balaban J connectivity index is 1.96. The fourth-order valence-corrected chi connectivity index (χ4v) is 2.66. The van der Waals surface area contributed by atoms with Gasteiger partial charge in [-0.2, -0.15) is 0 Å². The van der Waals surface area contributed by atoms with E-state index >= 15 is 0 Å². The summed E-state index contributed by atoms with van der Waals surface area (Å²) in [7, 11) is 4.03. The van der Waals surface area contributed by atoms with E-state index in [-0.39, 0.29) is 12.1 Å². The van der Waals surface area contributed by atoms with Crippen molar-refractivity contribution in [2.75, 3.05) is 39.0 Å². The summed E-state index contributed by atoms with van der Waals surface area (Å²) in [5, 5.41) is 6.19. The van der Waals surface area contributed by atoms with Crippen molar-refractivity contribution >= 4 is 11.7 Å². The summed E-state index contributed by atoms with van der Waals surface area (Å²) >= 11 is 0. The van der Waals surface area contributed by atoms with E-state index in [1.165, 1.54) is 5.56 Å². The van der Waals surface area contributed by atoms with Crippen molar-refractivity contribution in [2.45, 2.75) is 25.9 Å². The number of benzene rings is 1. The molecule has 0 radical (unpaired) electrons. The van der Waals surface area contributed by atoms with Gasteiger partial charge in [-0.1, -0.05) is 12.1 Å². The third-order valence-corrected chi connectivity index (χ3v) is 4.19. The van der Waals surface area contributed by atoms with Gasteiger partial charge in [-0.15, -0.1) is 0 Å². The molecule has 1 saturated heterocycles. The number of likely N-dealkylation sites (N-methyl/N-ethyl adjacent to an activating group) is 1. The second-order valence-electron chi connectivity index (χ2n) is 5.87. The molecule has 1 aromatic rings. The Morgan fingerprint density at radius 2 is 1.95 bits per heavy atom. The molecule has 21 heavy (non-hydrogen) atoms. The number of carbonyl (C=O) groups excluding carboxylic acids is 1. The fourth-order valence-electron chi connectivity index (χ4n) is 2.66. The maximum absolute atomic E-state index is 12.3. The molecule has 0 aliphatic carbocycles. The van der Waals surface area contributed by atoms with E-state index in [0.717, 1.165) is 25.3 Å². The highest BCUT2D eigenvalue weighted by Crippen LogP contribution is 2.17. The van der Waals surface area contributed by atoms with Crippen molar-refractivity contribution in [3.05, 3.63) is 29.8 Å². The van der Waals surface area contributed by atoms with E-state index in [2.05, 4.69) is 36.4 Å². The van der Waals surface area contributed by atoms with Gasteiger partial charge in [0.25, 0.3) is 0 Å². The first-order valence-electron chi connectivity index (χ1n) is 7.54. The molecule has 2 N–H and O–H groups in total. The molecule has 0 bridgehead atoms. The number of anilines is 1. The molecule has 1 heterocycles. The third-order valence-electron chi connectivity index (χ3n) is 4.19. The number of rotatable bonds is 3. The number of carbonyl (C=O) groups is 1. The summed E-state index contributed by atoms with van der Waals surface area (Å²) < 4.78 is 0. The van der Waals surface area contributed by atoms with Crippen molar-refractivity contribution in [2.24, 2.45) is 0 Å². The molecule has 1 fully saturated rings. The van der Waals surface area contributed by atoms with Crippen LogP contribution < -0.4 is 10.6 Å². The monoisotopic (exact) mass is 290 g/mol. The highest BCUT2D eigenvalue weighted by Gasteiger charge is 2.25. The maximum atomic E-state index is 12.3. The fraction of sp³-hybridized carbons (Fsp3) is 0.562. The van der Waals surface area contributed by atoms with Crippen molar-refractivity contribution in [3.63, 3.8) is 0 Å². The van der Waals surface area contributed by atoms with Crippen molar-refractivity contribution in [3.8, 4) is 0 Å². The smallest absolute Gasteiger partial charge is 0.319 e. The van der Waals surface area contributed by atoms with Crippen molar-refractivity contribution < 1.29 is 4.79 Å². The SMILES string of the molecule is CNC(C)c1ccc(NC(=O)N2CCN(C)CC2C)cc1. The van der Waals surface area contributed by atoms with Gasteiger partial charge < -0.3 is 20.4 Å². The van der Waals surface area contributed by atoms with Crippen molar-refractivity contribution in [1.29, 1.82) is 0 Å². The predicted molar refractivity (Wildman–Crippen MR) is 86.6 cm³/mol. The number of urea groups is 1. The lowest BCUT2D eigenvalue weighted by molar-refractivity contribution is 0.125. The normalized spacial score (nSPS) is 21.1. The number of piperazine rings is 1. The zero-order valence-electron chi connectivity index (χ0n) is 13.4. The molecule has 2 unspecified atom stereocenters. The van der Waals surface area contributed by atoms with Crippen LogP contribution in [0.1, 0.15) is 25.5 Å². The lowest BCUT2D eigenvalue weighted by Gasteiger charge is -2.38. The number of hydrogen-bond acceptors (Lipinski definition) is 3. The summed E-state index contributed by atoms with van der Waals surface area (Å²) in [6, 6.07) is 8.56. The molecule has 0 saturated carbocycles. The zero-order chi connectivity index (χ0) is 15.4. The summed E-state index contributed by atoms with van der Waals surface area (Å²) in [4.78, 5) is 16.5. The molecule has 0 spiro atoms. The van der Waals surface area contributed by atoms with Crippen LogP contribution in [-0.4, -0.2) is 55.6 Å². The van der Waals surface area contributed by atoms with Gasteiger partial charge >= 0.3 is 6.03 Å². The van der Waals surface area contributed by atoms with Crippen LogP contribution in [0.3, 0.4) is 0 Å². The zero-order valence-corrected chi connectivity index (χ0v) is 13.4. The molecular formula is C16H26N4O. The standard InChI is InChI=1S/C16H26N4O/c1-12-11-19(4)9-10-20(12)16(21)18-15-7-5-14(6-8-15)13(2)17-3/h5-8,12-13,17H,9-11H2,1-4H3,(H,18,21). The number of nitrogens with one attached hydrogen (secondary N) is 2. The van der Waals surface area contributed by atoms with Crippen LogP contribution in [0, 0.1) is 0 Å². The summed E-state index contributed by atoms with van der Waals surface area (Å²) in [5.74, 6) is 0. The number of hydrogen-bond donors (Lipinski definition) is 2. The van der Waals surface area contributed by atoms with Gasteiger partial charge in [0.15, 0.2) is 0 Å². The first-order chi connectivity index (χ1) is 10.0. The van der Waals surface area contributed by atoms with Crippen molar-refractivity contribution in [1.82, 2.24) is 15.1 Å². The summed E-state index contributed by atoms with van der Waals surface area (Å²) in [6.45, 7) is 6.83. The Labute approximate surface area is 127 Å². The first-order valence-corrected chi connectivity index (χ1v) is 7.54. The minimum atomic E-state index is -0.00925. The van der Waals surface area contributed by atoms with Crippen LogP contribution in [0.4, 0.5) is 10.5 Å². The molecule has 2 rings (SSSR count). The predicted octanol–water partition coefficient (Wildman–Crippen LogP) is 2.13. The second kappa shape index (κ2) is 6.91. The molecule has 1 aliphatic rings.